The van der Waals surface area contributed by atoms with Crippen molar-refractivity contribution in [1.82, 2.24) is 5.10 Å². The summed E-state index contributed by atoms with van der Waals surface area (Å²) in [6, 6.07) is 3.15. The molecule has 0 aliphatic carbocycles. The van der Waals surface area contributed by atoms with Crippen molar-refractivity contribution in [2.24, 2.45) is 0 Å². The van der Waals surface area contributed by atoms with E-state index in [-0.39, 0.29) is 5.15 Å². The van der Waals surface area contributed by atoms with Crippen molar-refractivity contribution in [1.29, 1.82) is 0 Å². The van der Waals surface area contributed by atoms with Crippen LogP contribution in [0.1, 0.15) is 6.92 Å². The molecule has 0 amide bonds. The number of hydrogen-bond donors (Lipinski definition) is 1. The van der Waals surface area contributed by atoms with E-state index < -0.39 is 0 Å². The first-order chi connectivity index (χ1) is 5.24. The fourth-order valence-corrected chi connectivity index (χ4v) is 0.767. The highest BCUT2D eigenvalue weighted by molar-refractivity contribution is 6.28. The summed E-state index contributed by atoms with van der Waals surface area (Å²) < 4.78 is 0. The molecule has 11 heavy (non-hydrogen) atoms. The summed E-state index contributed by atoms with van der Waals surface area (Å²) in [6.07, 6.45) is 0. The lowest BCUT2D eigenvalue weighted by molar-refractivity contribution is -0.665. The van der Waals surface area contributed by atoms with Gasteiger partial charge in [-0.25, -0.2) is 0 Å². The first-order valence-corrected chi connectivity index (χ1v) is 3.62. The van der Waals surface area contributed by atoms with Gasteiger partial charge in [0.2, 0.25) is 0 Å². The van der Waals surface area contributed by atoms with Crippen LogP contribution in [0.5, 0.6) is 0 Å². The lowest BCUT2D eigenvalue weighted by Gasteiger charge is -1.99. The van der Waals surface area contributed by atoms with E-state index in [4.69, 9.17) is 11.6 Å². The standard InChI is InChI=1S/C6H8ClN3O/c1-2-8-6-4-3-5(7)10(11)9-6/h3-4H,2H2,1H3,(H,8,9). The van der Waals surface area contributed by atoms with Gasteiger partial charge in [-0.3, -0.25) is 0 Å². The summed E-state index contributed by atoms with van der Waals surface area (Å²) >= 11 is 5.44. The normalized spacial score (nSPS) is 9.64. The summed E-state index contributed by atoms with van der Waals surface area (Å²) in [6.45, 7) is 2.65. The molecule has 4 nitrogen and oxygen atoms in total. The van der Waals surface area contributed by atoms with Crippen LogP contribution in [0.2, 0.25) is 5.15 Å². The summed E-state index contributed by atoms with van der Waals surface area (Å²) in [5, 5.41) is 17.3. The van der Waals surface area contributed by atoms with Crippen molar-refractivity contribution in [2.75, 3.05) is 11.9 Å². The van der Waals surface area contributed by atoms with E-state index in [1.807, 2.05) is 6.92 Å². The molecule has 0 aromatic carbocycles. The average Bonchev–Trinajstić information content (AvgIpc) is 1.98. The van der Waals surface area contributed by atoms with E-state index in [9.17, 15) is 5.21 Å². The maximum absolute atomic E-state index is 10.7. The minimum Gasteiger partial charge on any atom is -0.593 e. The third kappa shape index (κ3) is 1.94. The Balaban J connectivity index is 2.86. The van der Waals surface area contributed by atoms with Crippen molar-refractivity contribution in [3.63, 3.8) is 0 Å². The van der Waals surface area contributed by atoms with Gasteiger partial charge in [0.05, 0.1) is 0 Å². The molecule has 1 N–H and O–H groups in total. The Hall–Kier alpha value is -1.03. The van der Waals surface area contributed by atoms with Crippen LogP contribution in [0, 0.1) is 5.21 Å². The third-order valence-electron chi connectivity index (χ3n) is 1.12. The van der Waals surface area contributed by atoms with Gasteiger partial charge in [0.15, 0.2) is 5.82 Å². The second-order valence-corrected chi connectivity index (χ2v) is 2.33. The van der Waals surface area contributed by atoms with Gasteiger partial charge in [-0.2, -0.15) is 0 Å². The van der Waals surface area contributed by atoms with Crippen LogP contribution < -0.4 is 10.2 Å². The molecule has 0 saturated carbocycles. The maximum atomic E-state index is 10.7. The summed E-state index contributed by atoms with van der Waals surface area (Å²) in [5.74, 6) is 0.534. The fourth-order valence-electron chi connectivity index (χ4n) is 0.666. The Bertz CT molecular complexity index is 254. The zero-order valence-corrected chi connectivity index (χ0v) is 6.80. The number of anilines is 1. The van der Waals surface area contributed by atoms with Gasteiger partial charge in [-0.15, -0.1) is 0 Å². The number of nitrogens with one attached hydrogen (secondary N) is 1. The molecule has 0 radical (unpaired) electrons. The highest BCUT2D eigenvalue weighted by atomic mass is 35.5. The van der Waals surface area contributed by atoms with Gasteiger partial charge in [0.1, 0.15) is 0 Å². The van der Waals surface area contributed by atoms with Crippen LogP contribution in [0.25, 0.3) is 0 Å². The van der Waals surface area contributed by atoms with Gasteiger partial charge in [-0.1, -0.05) is 0 Å². The van der Waals surface area contributed by atoms with Gasteiger partial charge < -0.3 is 10.5 Å². The average molecular weight is 174 g/mol. The lowest BCUT2D eigenvalue weighted by Crippen LogP contribution is -2.32. The van der Waals surface area contributed by atoms with Gasteiger partial charge >= 0.3 is 5.15 Å². The minimum absolute atomic E-state index is 0.0756. The summed E-state index contributed by atoms with van der Waals surface area (Å²) in [4.78, 5) is 0.375. The van der Waals surface area contributed by atoms with E-state index in [0.717, 1.165) is 6.54 Å². The van der Waals surface area contributed by atoms with Crippen LogP contribution in [0.15, 0.2) is 12.1 Å². The molecule has 0 bridgehead atoms. The van der Waals surface area contributed by atoms with Crippen molar-refractivity contribution < 1.29 is 4.85 Å². The Labute approximate surface area is 69.4 Å². The first kappa shape index (κ1) is 8.07. The predicted molar refractivity (Wildman–Crippen MR) is 42.4 cm³/mol. The molecule has 1 aromatic rings. The van der Waals surface area contributed by atoms with E-state index in [2.05, 4.69) is 10.4 Å². The molecule has 0 aliphatic rings. The fraction of sp³-hybridized carbons (Fsp3) is 0.333. The number of aromatic nitrogens is 2. The van der Waals surface area contributed by atoms with Crippen molar-refractivity contribution in [2.45, 2.75) is 6.92 Å². The Kier molecular flexibility index (Phi) is 2.48. The smallest absolute Gasteiger partial charge is 0.313 e. The quantitative estimate of drug-likeness (QED) is 0.532. The Morgan fingerprint density at radius 1 is 1.73 bits per heavy atom. The molecule has 1 rings (SSSR count). The van der Waals surface area contributed by atoms with Crippen LogP contribution in [0.4, 0.5) is 5.82 Å². The maximum Gasteiger partial charge on any atom is 0.313 e. The van der Waals surface area contributed by atoms with Gasteiger partial charge in [0.25, 0.3) is 0 Å². The first-order valence-electron chi connectivity index (χ1n) is 3.24. The Morgan fingerprint density at radius 2 is 2.45 bits per heavy atom. The molecule has 1 heterocycles. The van der Waals surface area contributed by atoms with E-state index in [1.54, 1.807) is 6.07 Å². The predicted octanol–water partition coefficient (Wildman–Crippen LogP) is 0.800. The highest BCUT2D eigenvalue weighted by Gasteiger charge is 2.03. The minimum atomic E-state index is 0.0756. The largest absolute Gasteiger partial charge is 0.593 e. The number of nitrogens with zero attached hydrogens (tertiary/aromatic N) is 2. The van der Waals surface area contributed by atoms with Gasteiger partial charge in [-0.05, 0) is 29.4 Å². The van der Waals surface area contributed by atoms with Crippen molar-refractivity contribution in [3.8, 4) is 0 Å². The van der Waals surface area contributed by atoms with Crippen molar-refractivity contribution in [3.05, 3.63) is 22.5 Å². The molecule has 5 heteroatoms. The van der Waals surface area contributed by atoms with Gasteiger partial charge in [0, 0.05) is 17.7 Å². The summed E-state index contributed by atoms with van der Waals surface area (Å²) in [7, 11) is 0. The molecular weight excluding hydrogens is 166 g/mol. The van der Waals surface area contributed by atoms with Crippen molar-refractivity contribution >= 4 is 17.4 Å². The number of halogens is 1. The van der Waals surface area contributed by atoms with Crippen LogP contribution in [-0.2, 0) is 0 Å². The zero-order valence-electron chi connectivity index (χ0n) is 6.04. The van der Waals surface area contributed by atoms with Crippen LogP contribution in [0.3, 0.4) is 0 Å². The lowest BCUT2D eigenvalue weighted by atomic mass is 10.5. The molecule has 0 spiro atoms. The molecule has 0 aliphatic heterocycles. The molecule has 1 aromatic heterocycles. The molecule has 60 valence electrons. The summed E-state index contributed by atoms with van der Waals surface area (Å²) in [5.41, 5.74) is 0. The molecule has 0 saturated heterocycles. The molecular formula is C6H8ClN3O. The molecule has 0 atom stereocenters. The second-order valence-electron chi connectivity index (χ2n) is 1.94. The second kappa shape index (κ2) is 3.39. The zero-order chi connectivity index (χ0) is 8.27. The third-order valence-corrected chi connectivity index (χ3v) is 1.39. The number of hydrogen-bond acceptors (Lipinski definition) is 3. The van der Waals surface area contributed by atoms with E-state index in [1.165, 1.54) is 6.07 Å². The molecule has 0 fully saturated rings. The van der Waals surface area contributed by atoms with E-state index in [0.29, 0.717) is 10.7 Å². The topological polar surface area (TPSA) is 51.9 Å². The molecule has 0 unspecified atom stereocenters. The number of rotatable bonds is 2. The van der Waals surface area contributed by atoms with Crippen LogP contribution in [-0.4, -0.2) is 11.6 Å². The Morgan fingerprint density at radius 3 is 3.00 bits per heavy atom. The van der Waals surface area contributed by atoms with Crippen LogP contribution >= 0.6 is 11.6 Å². The SMILES string of the molecule is CCNc1ccc(Cl)[n+]([O-])n1. The highest BCUT2D eigenvalue weighted by Crippen LogP contribution is 2.03. The van der Waals surface area contributed by atoms with E-state index >= 15 is 0 Å². The monoisotopic (exact) mass is 173 g/mol.